The fourth-order valence-corrected chi connectivity index (χ4v) is 10.5. The summed E-state index contributed by atoms with van der Waals surface area (Å²) in [5, 5.41) is 16.8. The van der Waals surface area contributed by atoms with Gasteiger partial charge in [0, 0.05) is 45.5 Å². The molecule has 11 rings (SSSR count). The van der Waals surface area contributed by atoms with E-state index in [-0.39, 0.29) is 0 Å². The molecule has 0 spiro atoms. The van der Waals surface area contributed by atoms with Crippen molar-refractivity contribution in [1.82, 2.24) is 0 Å². The largest absolute Gasteiger partial charge is 0.456 e. The second-order valence-electron chi connectivity index (χ2n) is 18.0. The molecule has 10 aromatic rings. The van der Waals surface area contributed by atoms with Crippen LogP contribution in [0.4, 0.5) is 39.8 Å². The molecule has 5 nitrogen and oxygen atoms in total. The molecule has 0 atom stereocenters. The van der Waals surface area contributed by atoms with Gasteiger partial charge >= 0.3 is 0 Å². The van der Waals surface area contributed by atoms with Crippen molar-refractivity contribution in [1.29, 1.82) is 5.26 Å². The predicted octanol–water partition coefficient (Wildman–Crippen LogP) is 17.8. The minimum atomic E-state index is 0.648. The highest BCUT2D eigenvalue weighted by Crippen LogP contribution is 2.53. The lowest BCUT2D eigenvalue weighted by molar-refractivity contribution is 0.487. The number of anilines is 6. The zero-order valence-electron chi connectivity index (χ0n) is 38.4. The molecular formula is C62H46N4O. The molecule has 0 aromatic heterocycles. The van der Waals surface area contributed by atoms with Gasteiger partial charge in [0.2, 0.25) is 0 Å². The Kier molecular flexibility index (Phi) is 9.88. The Morgan fingerprint density at radius 2 is 0.985 bits per heavy atom. The molecule has 0 saturated heterocycles. The summed E-state index contributed by atoms with van der Waals surface area (Å²) >= 11 is 0. The van der Waals surface area contributed by atoms with Crippen LogP contribution in [0.25, 0.3) is 59.4 Å². The molecule has 5 heteroatoms. The number of hydrogen-bond acceptors (Lipinski definition) is 4. The van der Waals surface area contributed by atoms with Crippen molar-refractivity contribution in [3.63, 3.8) is 0 Å². The number of para-hydroxylation sites is 2. The molecule has 1 aliphatic rings. The Morgan fingerprint density at radius 1 is 0.448 bits per heavy atom. The molecule has 0 unspecified atom stereocenters. The minimum absolute atomic E-state index is 0.648. The van der Waals surface area contributed by atoms with Crippen molar-refractivity contribution in [2.45, 2.75) is 41.5 Å². The summed E-state index contributed by atoms with van der Waals surface area (Å²) in [5.41, 5.74) is 18.5. The van der Waals surface area contributed by atoms with Crippen LogP contribution in [0.5, 0.6) is 11.5 Å². The van der Waals surface area contributed by atoms with Gasteiger partial charge in [0.15, 0.2) is 5.69 Å². The maximum absolute atomic E-state index is 9.78. The molecule has 0 aliphatic carbocycles. The molecule has 320 valence electrons. The number of nitriles is 1. The third kappa shape index (κ3) is 6.92. The highest BCUT2D eigenvalue weighted by atomic mass is 16.5. The lowest BCUT2D eigenvalue weighted by Crippen LogP contribution is -2.13. The number of fused-ring (bicyclic) bond motifs is 6. The molecule has 0 saturated carbocycles. The van der Waals surface area contributed by atoms with E-state index in [0.717, 1.165) is 101 Å². The summed E-state index contributed by atoms with van der Waals surface area (Å²) in [6, 6.07) is 62.7. The van der Waals surface area contributed by atoms with E-state index in [0.29, 0.717) is 11.3 Å². The average molecular weight is 863 g/mol. The molecular weight excluding hydrogens is 817 g/mol. The lowest BCUT2D eigenvalue weighted by atomic mass is 9.85. The maximum atomic E-state index is 9.78. The molecule has 0 radical (unpaired) electrons. The summed E-state index contributed by atoms with van der Waals surface area (Å²) in [5.74, 6) is 1.65. The third-order valence-electron chi connectivity index (χ3n) is 13.3. The Balaban J connectivity index is 1.08. The molecule has 1 aliphatic heterocycles. The first-order chi connectivity index (χ1) is 32.6. The van der Waals surface area contributed by atoms with Crippen molar-refractivity contribution in [3.8, 4) is 39.8 Å². The van der Waals surface area contributed by atoms with Crippen molar-refractivity contribution >= 4 is 72.1 Å². The zero-order valence-corrected chi connectivity index (χ0v) is 38.4. The van der Waals surface area contributed by atoms with Crippen LogP contribution >= 0.6 is 0 Å². The Bertz CT molecular complexity index is 3700. The highest BCUT2D eigenvalue weighted by Gasteiger charge is 2.27. The van der Waals surface area contributed by atoms with Gasteiger partial charge in [0.05, 0.1) is 23.9 Å². The topological polar surface area (TPSA) is 43.9 Å². The van der Waals surface area contributed by atoms with Gasteiger partial charge in [-0.3, -0.25) is 0 Å². The van der Waals surface area contributed by atoms with Gasteiger partial charge < -0.3 is 14.5 Å². The van der Waals surface area contributed by atoms with E-state index in [1.165, 1.54) is 32.7 Å². The number of rotatable bonds is 7. The van der Waals surface area contributed by atoms with Gasteiger partial charge in [-0.2, -0.15) is 5.26 Å². The molecule has 67 heavy (non-hydrogen) atoms. The van der Waals surface area contributed by atoms with E-state index in [1.54, 1.807) is 0 Å². The summed E-state index contributed by atoms with van der Waals surface area (Å²) in [7, 11) is 0. The van der Waals surface area contributed by atoms with Crippen LogP contribution in [0, 0.1) is 59.4 Å². The maximum Gasteiger partial charge on any atom is 0.187 e. The van der Waals surface area contributed by atoms with Gasteiger partial charge in [-0.1, -0.05) is 90.5 Å². The van der Waals surface area contributed by atoms with Gasteiger partial charge in [-0.25, -0.2) is 4.85 Å². The monoisotopic (exact) mass is 862 g/mol. The van der Waals surface area contributed by atoms with Gasteiger partial charge in [-0.05, 0) is 192 Å². The first-order valence-electron chi connectivity index (χ1n) is 22.7. The van der Waals surface area contributed by atoms with Gasteiger partial charge in [0.1, 0.15) is 11.5 Å². The smallest absolute Gasteiger partial charge is 0.187 e. The normalized spacial score (nSPS) is 11.5. The Morgan fingerprint density at radius 3 is 1.61 bits per heavy atom. The lowest BCUT2D eigenvalue weighted by Gasteiger charge is -2.30. The van der Waals surface area contributed by atoms with E-state index < -0.39 is 0 Å². The number of aryl methyl sites for hydroxylation is 6. The molecule has 0 bridgehead atoms. The summed E-state index contributed by atoms with van der Waals surface area (Å²) in [6.07, 6.45) is 0. The number of nitrogens with zero attached hydrogens (tertiary/aromatic N) is 4. The van der Waals surface area contributed by atoms with Crippen LogP contribution in [0.1, 0.15) is 38.9 Å². The molecule has 0 fully saturated rings. The van der Waals surface area contributed by atoms with Crippen LogP contribution in [-0.2, 0) is 0 Å². The first kappa shape index (κ1) is 41.1. The second-order valence-corrected chi connectivity index (χ2v) is 18.0. The van der Waals surface area contributed by atoms with E-state index in [2.05, 4.69) is 196 Å². The van der Waals surface area contributed by atoms with Gasteiger partial charge in [0.25, 0.3) is 0 Å². The van der Waals surface area contributed by atoms with Crippen LogP contribution in [0.15, 0.2) is 170 Å². The number of ether oxygens (including phenoxy) is 1. The molecule has 0 amide bonds. The molecule has 10 aromatic carbocycles. The quantitative estimate of drug-likeness (QED) is 0.118. The first-order valence-corrected chi connectivity index (χ1v) is 22.7. The fraction of sp³-hybridized carbons (Fsp3) is 0.0968. The highest BCUT2D eigenvalue weighted by molar-refractivity contribution is 6.25. The van der Waals surface area contributed by atoms with Crippen molar-refractivity contribution in [2.75, 3.05) is 9.80 Å². The minimum Gasteiger partial charge on any atom is -0.456 e. The van der Waals surface area contributed by atoms with Crippen molar-refractivity contribution in [2.24, 2.45) is 0 Å². The van der Waals surface area contributed by atoms with Crippen LogP contribution in [-0.4, -0.2) is 0 Å². The van der Waals surface area contributed by atoms with Crippen molar-refractivity contribution in [3.05, 3.63) is 220 Å². The second kappa shape index (κ2) is 16.1. The van der Waals surface area contributed by atoms with Crippen LogP contribution < -0.4 is 14.5 Å². The standard InChI is InChI=1S/C62H46N4O/c1-37-18-24-50-52(44-19-21-48(22-20-44)65(46-14-10-8-11-15-46)62-41(5)31-45(64-7)32-42(62)6)34-55-54(53(50)26-37)35-57-51-25-23-49(33-58(51)67-59-28-38(2)27-56(55)60(57)59)66(47-16-12-9-13-17-47)61-39(3)29-43(36-63)30-40(61)4/h8-35H,1-6H3. The Hall–Kier alpha value is -8.64. The van der Waals surface area contributed by atoms with Crippen LogP contribution in [0.2, 0.25) is 0 Å². The van der Waals surface area contributed by atoms with E-state index in [4.69, 9.17) is 11.3 Å². The molecule has 1 heterocycles. The SMILES string of the molecule is [C-]#[N+]c1cc(C)c(N(c2ccccc2)c2ccc(-c3cc4c5cc(C)cc6c5c(cc4c4cc(C)ccc34)-c3ccc(N(c4ccccc4)c4c(C)cc(C#N)cc4C)cc3O6)cc2)c(C)c1. The summed E-state index contributed by atoms with van der Waals surface area (Å²) in [6.45, 7) is 20.3. The van der Waals surface area contributed by atoms with Gasteiger partial charge in [-0.15, -0.1) is 0 Å². The van der Waals surface area contributed by atoms with Crippen LogP contribution in [0.3, 0.4) is 0 Å². The fourth-order valence-electron chi connectivity index (χ4n) is 10.5. The summed E-state index contributed by atoms with van der Waals surface area (Å²) in [4.78, 5) is 8.32. The number of benzene rings is 10. The zero-order chi connectivity index (χ0) is 46.1. The van der Waals surface area contributed by atoms with E-state index in [1.807, 2.05) is 36.4 Å². The average Bonchev–Trinajstić information content (AvgIpc) is 3.33. The molecule has 0 N–H and O–H groups in total. The van der Waals surface area contributed by atoms with Crippen molar-refractivity contribution < 1.29 is 4.74 Å². The van der Waals surface area contributed by atoms with E-state index in [9.17, 15) is 5.26 Å². The predicted molar refractivity (Wildman–Crippen MR) is 279 cm³/mol. The Labute approximate surface area is 391 Å². The number of hydrogen-bond donors (Lipinski definition) is 0. The third-order valence-corrected chi connectivity index (χ3v) is 13.3. The van der Waals surface area contributed by atoms with E-state index >= 15 is 0 Å². The summed E-state index contributed by atoms with van der Waals surface area (Å²) < 4.78 is 7.01.